The number of likely N-dealkylation sites (tertiary alicyclic amines) is 1. The first kappa shape index (κ1) is 19.4. The summed E-state index contributed by atoms with van der Waals surface area (Å²) >= 11 is 0. The SMILES string of the molecule is CC(c1ccncc1)N(C)Cc1ccc(OCC(=O)N2CCCCC2)cc1. The lowest BCUT2D eigenvalue weighted by atomic mass is 10.1. The standard InChI is InChI=1S/C22H29N3O2/c1-18(20-10-12-23-13-11-20)24(2)16-19-6-8-21(9-7-19)27-17-22(26)25-14-4-3-5-15-25/h6-13,18H,3-5,14-17H2,1-2H3. The van der Waals surface area contributed by atoms with E-state index in [4.69, 9.17) is 4.74 Å². The van der Waals surface area contributed by atoms with Gasteiger partial charge in [-0.2, -0.15) is 0 Å². The van der Waals surface area contributed by atoms with Gasteiger partial charge in [-0.15, -0.1) is 0 Å². The first-order chi connectivity index (χ1) is 13.1. The minimum atomic E-state index is 0.0877. The van der Waals surface area contributed by atoms with E-state index in [1.807, 2.05) is 29.4 Å². The summed E-state index contributed by atoms with van der Waals surface area (Å²) in [5, 5.41) is 0. The van der Waals surface area contributed by atoms with Gasteiger partial charge in [-0.05, 0) is 68.6 Å². The molecule has 0 saturated carbocycles. The van der Waals surface area contributed by atoms with Gasteiger partial charge in [0.1, 0.15) is 5.75 Å². The molecular formula is C22H29N3O2. The number of hydrogen-bond acceptors (Lipinski definition) is 4. The average Bonchev–Trinajstić information content (AvgIpc) is 2.73. The molecule has 1 amide bonds. The predicted molar refractivity (Wildman–Crippen MR) is 106 cm³/mol. The van der Waals surface area contributed by atoms with Crippen molar-refractivity contribution in [3.8, 4) is 5.75 Å². The molecule has 1 aliphatic rings. The average molecular weight is 367 g/mol. The summed E-state index contributed by atoms with van der Waals surface area (Å²) in [6.45, 7) is 4.89. The molecule has 5 nitrogen and oxygen atoms in total. The van der Waals surface area contributed by atoms with Crippen LogP contribution in [0.3, 0.4) is 0 Å². The van der Waals surface area contributed by atoms with Crippen molar-refractivity contribution in [2.75, 3.05) is 26.7 Å². The molecular weight excluding hydrogens is 338 g/mol. The van der Waals surface area contributed by atoms with E-state index in [0.29, 0.717) is 6.04 Å². The van der Waals surface area contributed by atoms with Gasteiger partial charge >= 0.3 is 0 Å². The van der Waals surface area contributed by atoms with Crippen LogP contribution in [-0.4, -0.2) is 47.4 Å². The molecule has 1 aromatic carbocycles. The number of benzene rings is 1. The van der Waals surface area contributed by atoms with Crippen LogP contribution in [0.1, 0.15) is 43.4 Å². The number of ether oxygens (including phenoxy) is 1. The van der Waals surface area contributed by atoms with Crippen LogP contribution in [0.5, 0.6) is 5.75 Å². The van der Waals surface area contributed by atoms with Crippen molar-refractivity contribution in [3.05, 3.63) is 59.9 Å². The van der Waals surface area contributed by atoms with Crippen LogP contribution in [0.2, 0.25) is 0 Å². The number of hydrogen-bond donors (Lipinski definition) is 0. The Morgan fingerprint density at radius 2 is 1.78 bits per heavy atom. The summed E-state index contributed by atoms with van der Waals surface area (Å²) < 4.78 is 5.69. The predicted octanol–water partition coefficient (Wildman–Crippen LogP) is 3.67. The highest BCUT2D eigenvalue weighted by Crippen LogP contribution is 2.21. The maximum absolute atomic E-state index is 12.2. The van der Waals surface area contributed by atoms with E-state index in [2.05, 4.69) is 48.1 Å². The first-order valence-corrected chi connectivity index (χ1v) is 9.73. The molecule has 3 rings (SSSR count). The van der Waals surface area contributed by atoms with Crippen molar-refractivity contribution >= 4 is 5.91 Å². The molecule has 0 spiro atoms. The second-order valence-corrected chi connectivity index (χ2v) is 7.25. The lowest BCUT2D eigenvalue weighted by molar-refractivity contribution is -0.134. The van der Waals surface area contributed by atoms with Crippen LogP contribution in [0.4, 0.5) is 0 Å². The van der Waals surface area contributed by atoms with Gasteiger partial charge in [0, 0.05) is 38.1 Å². The number of rotatable bonds is 7. The fourth-order valence-electron chi connectivity index (χ4n) is 3.39. The topological polar surface area (TPSA) is 45.7 Å². The molecule has 1 atom stereocenters. The monoisotopic (exact) mass is 367 g/mol. The normalized spacial score (nSPS) is 15.6. The highest BCUT2D eigenvalue weighted by atomic mass is 16.5. The second kappa shape index (κ2) is 9.51. The number of amides is 1. The van der Waals surface area contributed by atoms with E-state index in [9.17, 15) is 4.79 Å². The molecule has 0 N–H and O–H groups in total. The first-order valence-electron chi connectivity index (χ1n) is 9.73. The summed E-state index contributed by atoms with van der Waals surface area (Å²) in [5.74, 6) is 0.832. The van der Waals surface area contributed by atoms with Gasteiger partial charge in [-0.25, -0.2) is 0 Å². The minimum Gasteiger partial charge on any atom is -0.484 e. The maximum Gasteiger partial charge on any atom is 0.260 e. The van der Waals surface area contributed by atoms with E-state index < -0.39 is 0 Å². The van der Waals surface area contributed by atoms with Gasteiger partial charge in [-0.3, -0.25) is 14.7 Å². The zero-order valence-corrected chi connectivity index (χ0v) is 16.3. The Kier molecular flexibility index (Phi) is 6.82. The summed E-state index contributed by atoms with van der Waals surface area (Å²) in [6, 6.07) is 12.4. The van der Waals surface area contributed by atoms with Gasteiger partial charge in [0.2, 0.25) is 0 Å². The summed E-state index contributed by atoms with van der Waals surface area (Å²) in [5.41, 5.74) is 2.47. The molecule has 144 valence electrons. The number of carbonyl (C=O) groups is 1. The summed E-state index contributed by atoms with van der Waals surface area (Å²) in [7, 11) is 2.12. The fourth-order valence-corrected chi connectivity index (χ4v) is 3.39. The smallest absolute Gasteiger partial charge is 0.260 e. The Morgan fingerprint density at radius 1 is 1.11 bits per heavy atom. The van der Waals surface area contributed by atoms with Crippen LogP contribution < -0.4 is 4.74 Å². The van der Waals surface area contributed by atoms with Crippen molar-refractivity contribution in [1.82, 2.24) is 14.8 Å². The molecule has 0 aliphatic carbocycles. The zero-order chi connectivity index (χ0) is 19.1. The van der Waals surface area contributed by atoms with Gasteiger partial charge in [0.25, 0.3) is 5.91 Å². The van der Waals surface area contributed by atoms with Crippen molar-refractivity contribution in [2.45, 2.75) is 38.8 Å². The lowest BCUT2D eigenvalue weighted by Crippen LogP contribution is -2.38. The molecule has 0 radical (unpaired) electrons. The van der Waals surface area contributed by atoms with Crippen molar-refractivity contribution in [3.63, 3.8) is 0 Å². The van der Waals surface area contributed by atoms with Gasteiger partial charge in [-0.1, -0.05) is 12.1 Å². The van der Waals surface area contributed by atoms with E-state index in [1.54, 1.807) is 0 Å². The molecule has 0 bridgehead atoms. The highest BCUT2D eigenvalue weighted by Gasteiger charge is 2.17. The molecule has 1 saturated heterocycles. The molecule has 1 aliphatic heterocycles. The third-order valence-corrected chi connectivity index (χ3v) is 5.28. The molecule has 1 aromatic heterocycles. The summed E-state index contributed by atoms with van der Waals surface area (Å²) in [6.07, 6.45) is 7.09. The van der Waals surface area contributed by atoms with Crippen LogP contribution in [0, 0.1) is 0 Å². The van der Waals surface area contributed by atoms with Crippen LogP contribution in [-0.2, 0) is 11.3 Å². The van der Waals surface area contributed by atoms with Gasteiger partial charge < -0.3 is 9.64 Å². The maximum atomic E-state index is 12.2. The number of carbonyl (C=O) groups excluding carboxylic acids is 1. The molecule has 27 heavy (non-hydrogen) atoms. The van der Waals surface area contributed by atoms with Crippen LogP contribution in [0.15, 0.2) is 48.8 Å². The fraction of sp³-hybridized carbons (Fsp3) is 0.455. The Labute approximate surface area is 162 Å². The Hall–Kier alpha value is -2.40. The Balaban J connectivity index is 1.48. The lowest BCUT2D eigenvalue weighted by Gasteiger charge is -2.26. The second-order valence-electron chi connectivity index (χ2n) is 7.25. The molecule has 1 fully saturated rings. The highest BCUT2D eigenvalue weighted by molar-refractivity contribution is 5.77. The third-order valence-electron chi connectivity index (χ3n) is 5.28. The number of aromatic nitrogens is 1. The van der Waals surface area contributed by atoms with Gasteiger partial charge in [0.05, 0.1) is 0 Å². The van der Waals surface area contributed by atoms with E-state index >= 15 is 0 Å². The quantitative estimate of drug-likeness (QED) is 0.749. The Bertz CT molecular complexity index is 712. The van der Waals surface area contributed by atoms with Gasteiger partial charge in [0.15, 0.2) is 6.61 Å². The summed E-state index contributed by atoms with van der Waals surface area (Å²) in [4.78, 5) is 20.5. The largest absolute Gasteiger partial charge is 0.484 e. The van der Waals surface area contributed by atoms with Crippen LogP contribution in [0.25, 0.3) is 0 Å². The number of nitrogens with zero attached hydrogens (tertiary/aromatic N) is 3. The molecule has 1 unspecified atom stereocenters. The molecule has 5 heteroatoms. The van der Waals surface area contributed by atoms with Crippen molar-refractivity contribution in [2.24, 2.45) is 0 Å². The van der Waals surface area contributed by atoms with Crippen molar-refractivity contribution in [1.29, 1.82) is 0 Å². The van der Waals surface area contributed by atoms with Crippen molar-refractivity contribution < 1.29 is 9.53 Å². The molecule has 2 heterocycles. The van der Waals surface area contributed by atoms with E-state index in [1.165, 1.54) is 17.5 Å². The minimum absolute atomic E-state index is 0.0877. The molecule has 2 aromatic rings. The zero-order valence-electron chi connectivity index (χ0n) is 16.3. The number of pyridine rings is 1. The third kappa shape index (κ3) is 5.54. The van der Waals surface area contributed by atoms with E-state index in [0.717, 1.165) is 38.2 Å². The number of piperidine rings is 1. The van der Waals surface area contributed by atoms with E-state index in [-0.39, 0.29) is 12.5 Å². The van der Waals surface area contributed by atoms with Crippen LogP contribution >= 0.6 is 0 Å². The Morgan fingerprint density at radius 3 is 2.44 bits per heavy atom.